The van der Waals surface area contributed by atoms with Crippen LogP contribution in [-0.2, 0) is 11.2 Å². The number of hydrogen-bond donors (Lipinski definition) is 2. The molecule has 0 spiro atoms. The van der Waals surface area contributed by atoms with E-state index in [1.165, 1.54) is 5.56 Å². The van der Waals surface area contributed by atoms with Crippen LogP contribution in [0.4, 0.5) is 4.79 Å². The van der Waals surface area contributed by atoms with Crippen LogP contribution in [0.1, 0.15) is 32.8 Å². The summed E-state index contributed by atoms with van der Waals surface area (Å²) in [6.45, 7) is 7.41. The number of benzene rings is 1. The van der Waals surface area contributed by atoms with Crippen molar-refractivity contribution in [3.8, 4) is 0 Å². The molecule has 0 saturated carbocycles. The van der Waals surface area contributed by atoms with E-state index in [4.69, 9.17) is 0 Å². The van der Waals surface area contributed by atoms with Gasteiger partial charge in [-0.05, 0) is 37.2 Å². The zero-order valence-corrected chi connectivity index (χ0v) is 14.8. The van der Waals surface area contributed by atoms with E-state index in [-0.39, 0.29) is 12.6 Å². The lowest BCUT2D eigenvalue weighted by atomic mass is 9.89. The number of rotatable bonds is 6. The molecule has 0 bridgehead atoms. The molecule has 2 rings (SSSR count). The Morgan fingerprint density at radius 1 is 1.29 bits per heavy atom. The Bertz CT molecular complexity index is 573. The van der Waals surface area contributed by atoms with Gasteiger partial charge in [0.15, 0.2) is 0 Å². The molecule has 2 unspecified atom stereocenters. The van der Waals surface area contributed by atoms with E-state index >= 15 is 0 Å². The number of likely N-dealkylation sites (tertiary alicyclic amines) is 1. The van der Waals surface area contributed by atoms with Crippen molar-refractivity contribution in [3.63, 3.8) is 0 Å². The average Bonchev–Trinajstić information content (AvgIpc) is 2.96. The molecule has 5 heteroatoms. The molecule has 1 aliphatic heterocycles. The Labute approximate surface area is 144 Å². The van der Waals surface area contributed by atoms with Crippen LogP contribution in [-0.4, -0.2) is 41.6 Å². The molecule has 1 aromatic rings. The Morgan fingerprint density at radius 3 is 2.50 bits per heavy atom. The highest BCUT2D eigenvalue weighted by molar-refractivity contribution is 5.79. The summed E-state index contributed by atoms with van der Waals surface area (Å²) in [6, 6.07) is 10.1. The van der Waals surface area contributed by atoms with E-state index in [2.05, 4.69) is 31.3 Å². The van der Waals surface area contributed by atoms with E-state index in [0.29, 0.717) is 31.3 Å². The van der Waals surface area contributed by atoms with E-state index in [1.54, 1.807) is 11.8 Å². The number of carboxylic acid groups (broad SMARTS) is 1. The minimum Gasteiger partial charge on any atom is -0.481 e. The number of nitrogens with one attached hydrogen (secondary N) is 1. The molecule has 2 amide bonds. The molecule has 5 nitrogen and oxygen atoms in total. The van der Waals surface area contributed by atoms with Gasteiger partial charge in [-0.3, -0.25) is 4.79 Å². The largest absolute Gasteiger partial charge is 0.481 e. The van der Waals surface area contributed by atoms with Gasteiger partial charge >= 0.3 is 12.0 Å². The maximum Gasteiger partial charge on any atom is 0.317 e. The second-order valence-electron chi connectivity index (χ2n) is 7.42. The SMILES string of the molecule is CC(C)C(CNC(=O)N1CCC(C)(C(=O)O)C1)Cc1ccccc1. The van der Waals surface area contributed by atoms with Gasteiger partial charge in [-0.15, -0.1) is 0 Å². The number of aliphatic carboxylic acids is 1. The molecular formula is C19H28N2O3. The Kier molecular flexibility index (Phi) is 5.86. The van der Waals surface area contributed by atoms with Crippen molar-refractivity contribution in [2.45, 2.75) is 33.6 Å². The number of urea groups is 1. The molecule has 1 heterocycles. The standard InChI is InChI=1S/C19H28N2O3/c1-14(2)16(11-15-7-5-4-6-8-15)12-20-18(24)21-10-9-19(3,13-21)17(22)23/h4-8,14,16H,9-13H2,1-3H3,(H,20,24)(H,22,23). The fourth-order valence-electron chi connectivity index (χ4n) is 3.10. The molecule has 1 aromatic carbocycles. The summed E-state index contributed by atoms with van der Waals surface area (Å²) in [5.41, 5.74) is 0.448. The van der Waals surface area contributed by atoms with Crippen molar-refractivity contribution < 1.29 is 14.7 Å². The number of hydrogen-bond acceptors (Lipinski definition) is 2. The zero-order chi connectivity index (χ0) is 17.7. The lowest BCUT2D eigenvalue weighted by Crippen LogP contribution is -2.43. The third kappa shape index (κ3) is 4.49. The third-order valence-electron chi connectivity index (χ3n) is 5.08. The monoisotopic (exact) mass is 332 g/mol. The summed E-state index contributed by atoms with van der Waals surface area (Å²) >= 11 is 0. The third-order valence-corrected chi connectivity index (χ3v) is 5.08. The Hall–Kier alpha value is -2.04. The van der Waals surface area contributed by atoms with Crippen LogP contribution in [0.5, 0.6) is 0 Å². The van der Waals surface area contributed by atoms with Crippen LogP contribution in [0.3, 0.4) is 0 Å². The molecule has 2 N–H and O–H groups in total. The Morgan fingerprint density at radius 2 is 1.96 bits per heavy atom. The zero-order valence-electron chi connectivity index (χ0n) is 14.8. The topological polar surface area (TPSA) is 69.6 Å². The second-order valence-corrected chi connectivity index (χ2v) is 7.42. The second kappa shape index (κ2) is 7.69. The van der Waals surface area contributed by atoms with Crippen molar-refractivity contribution in [1.82, 2.24) is 10.2 Å². The fourth-order valence-corrected chi connectivity index (χ4v) is 3.10. The molecule has 0 aromatic heterocycles. The van der Waals surface area contributed by atoms with Crippen molar-refractivity contribution in [3.05, 3.63) is 35.9 Å². The Balaban J connectivity index is 1.88. The normalized spacial score (nSPS) is 21.8. The first kappa shape index (κ1) is 18.3. The van der Waals surface area contributed by atoms with Crippen molar-refractivity contribution in [2.75, 3.05) is 19.6 Å². The van der Waals surface area contributed by atoms with E-state index in [0.717, 1.165) is 6.42 Å². The lowest BCUT2D eigenvalue weighted by molar-refractivity contribution is -0.147. The molecule has 0 radical (unpaired) electrons. The summed E-state index contributed by atoms with van der Waals surface area (Å²) in [6.07, 6.45) is 1.43. The van der Waals surface area contributed by atoms with Gasteiger partial charge in [-0.2, -0.15) is 0 Å². The van der Waals surface area contributed by atoms with Gasteiger partial charge in [-0.1, -0.05) is 44.2 Å². The number of carbonyl (C=O) groups is 2. The number of carbonyl (C=O) groups excluding carboxylic acids is 1. The minimum absolute atomic E-state index is 0.154. The van der Waals surface area contributed by atoms with Crippen LogP contribution in [0.15, 0.2) is 30.3 Å². The summed E-state index contributed by atoms with van der Waals surface area (Å²) in [5, 5.41) is 12.3. The first-order valence-corrected chi connectivity index (χ1v) is 8.62. The van der Waals surface area contributed by atoms with Crippen LogP contribution in [0.25, 0.3) is 0 Å². The number of nitrogens with zero attached hydrogens (tertiary/aromatic N) is 1. The van der Waals surface area contributed by atoms with E-state index in [1.807, 2.05) is 18.2 Å². The molecule has 0 aliphatic carbocycles. The highest BCUT2D eigenvalue weighted by Crippen LogP contribution is 2.30. The summed E-state index contributed by atoms with van der Waals surface area (Å²) in [7, 11) is 0. The molecule has 1 aliphatic rings. The highest BCUT2D eigenvalue weighted by atomic mass is 16.4. The van der Waals surface area contributed by atoms with Gasteiger partial charge in [-0.25, -0.2) is 4.79 Å². The number of amides is 2. The van der Waals surface area contributed by atoms with Crippen molar-refractivity contribution >= 4 is 12.0 Å². The quantitative estimate of drug-likeness (QED) is 0.841. The number of carboxylic acids is 1. The van der Waals surface area contributed by atoms with Crippen molar-refractivity contribution in [1.29, 1.82) is 0 Å². The summed E-state index contributed by atoms with van der Waals surface area (Å²) in [5.74, 6) is -0.0277. The predicted molar refractivity (Wildman–Crippen MR) is 93.8 cm³/mol. The van der Waals surface area contributed by atoms with Crippen LogP contribution >= 0.6 is 0 Å². The molecule has 1 saturated heterocycles. The molecule has 1 fully saturated rings. The van der Waals surface area contributed by atoms with E-state index < -0.39 is 11.4 Å². The minimum atomic E-state index is -0.832. The average molecular weight is 332 g/mol. The fraction of sp³-hybridized carbons (Fsp3) is 0.579. The maximum atomic E-state index is 12.4. The van der Waals surface area contributed by atoms with Crippen molar-refractivity contribution in [2.24, 2.45) is 17.3 Å². The summed E-state index contributed by atoms with van der Waals surface area (Å²) < 4.78 is 0. The first-order chi connectivity index (χ1) is 11.3. The maximum absolute atomic E-state index is 12.4. The van der Waals surface area contributed by atoms with Crippen LogP contribution in [0.2, 0.25) is 0 Å². The molecule has 2 atom stereocenters. The molecule has 24 heavy (non-hydrogen) atoms. The van der Waals surface area contributed by atoms with Gasteiger partial charge in [0.05, 0.1) is 5.41 Å². The van der Waals surface area contributed by atoms with Crippen LogP contribution in [0, 0.1) is 17.3 Å². The van der Waals surface area contributed by atoms with Gasteiger partial charge in [0.1, 0.15) is 0 Å². The van der Waals surface area contributed by atoms with E-state index in [9.17, 15) is 14.7 Å². The van der Waals surface area contributed by atoms with Gasteiger partial charge in [0.25, 0.3) is 0 Å². The highest BCUT2D eigenvalue weighted by Gasteiger charge is 2.42. The first-order valence-electron chi connectivity index (χ1n) is 8.62. The van der Waals surface area contributed by atoms with Crippen LogP contribution < -0.4 is 5.32 Å². The molecular weight excluding hydrogens is 304 g/mol. The van der Waals surface area contributed by atoms with Gasteiger partial charge < -0.3 is 15.3 Å². The predicted octanol–water partition coefficient (Wildman–Crippen LogP) is 3.01. The lowest BCUT2D eigenvalue weighted by Gasteiger charge is -2.24. The van der Waals surface area contributed by atoms with Gasteiger partial charge in [0.2, 0.25) is 0 Å². The smallest absolute Gasteiger partial charge is 0.317 e. The summed E-state index contributed by atoms with van der Waals surface area (Å²) in [4.78, 5) is 25.3. The molecule has 132 valence electrons. The van der Waals surface area contributed by atoms with Gasteiger partial charge in [0, 0.05) is 19.6 Å².